The monoisotopic (exact) mass is 220 g/mol. The number of carboxylic acids is 1. The molecule has 0 amide bonds. The molecule has 5 heteroatoms. The standard InChI is InChI=1S/C11H12N2O3/c1-3-16-9-6-4-5-8-12-7(2)10(11(14)15)13(8)9/h4-6H,3H2,1-2H3,(H,14,15). The molecule has 0 atom stereocenters. The number of aryl methyl sites for hydroxylation is 1. The number of fused-ring (bicyclic) bond motifs is 1. The molecule has 1 N–H and O–H groups in total. The van der Waals surface area contributed by atoms with Crippen molar-refractivity contribution in [2.24, 2.45) is 0 Å². The van der Waals surface area contributed by atoms with Gasteiger partial charge in [0.15, 0.2) is 11.6 Å². The maximum Gasteiger partial charge on any atom is 0.354 e. The fourth-order valence-electron chi connectivity index (χ4n) is 1.69. The van der Waals surface area contributed by atoms with E-state index in [9.17, 15) is 4.79 Å². The molecule has 0 aliphatic carbocycles. The molecular formula is C11H12N2O3. The second-order valence-corrected chi connectivity index (χ2v) is 3.34. The van der Waals surface area contributed by atoms with Crippen molar-refractivity contribution >= 4 is 11.6 Å². The number of aromatic carboxylic acids is 1. The number of ether oxygens (including phenoxy) is 1. The van der Waals surface area contributed by atoms with Crippen molar-refractivity contribution in [1.29, 1.82) is 0 Å². The van der Waals surface area contributed by atoms with E-state index in [0.717, 1.165) is 0 Å². The topological polar surface area (TPSA) is 63.8 Å². The Labute approximate surface area is 92.3 Å². The van der Waals surface area contributed by atoms with Crippen LogP contribution in [0.1, 0.15) is 23.1 Å². The van der Waals surface area contributed by atoms with Crippen LogP contribution in [0.25, 0.3) is 5.65 Å². The molecule has 5 nitrogen and oxygen atoms in total. The van der Waals surface area contributed by atoms with Crippen LogP contribution in [-0.2, 0) is 0 Å². The molecule has 2 rings (SSSR count). The minimum absolute atomic E-state index is 0.152. The lowest BCUT2D eigenvalue weighted by atomic mass is 10.3. The summed E-state index contributed by atoms with van der Waals surface area (Å²) < 4.78 is 6.90. The van der Waals surface area contributed by atoms with Gasteiger partial charge in [0.05, 0.1) is 12.3 Å². The first-order valence-corrected chi connectivity index (χ1v) is 4.99. The number of hydrogen-bond donors (Lipinski definition) is 1. The molecule has 84 valence electrons. The molecule has 0 aliphatic rings. The molecular weight excluding hydrogens is 208 g/mol. The van der Waals surface area contributed by atoms with E-state index in [1.807, 2.05) is 6.92 Å². The van der Waals surface area contributed by atoms with Gasteiger partial charge in [-0.3, -0.25) is 4.40 Å². The lowest BCUT2D eigenvalue weighted by molar-refractivity contribution is 0.0687. The van der Waals surface area contributed by atoms with Gasteiger partial charge in [0.1, 0.15) is 5.65 Å². The maximum atomic E-state index is 11.1. The van der Waals surface area contributed by atoms with Crippen LogP contribution >= 0.6 is 0 Å². The fraction of sp³-hybridized carbons (Fsp3) is 0.273. The van der Waals surface area contributed by atoms with E-state index in [1.54, 1.807) is 25.1 Å². The molecule has 16 heavy (non-hydrogen) atoms. The average molecular weight is 220 g/mol. The minimum atomic E-state index is -1.00. The minimum Gasteiger partial charge on any atom is -0.479 e. The molecule has 0 radical (unpaired) electrons. The lowest BCUT2D eigenvalue weighted by Gasteiger charge is -2.07. The highest BCUT2D eigenvalue weighted by Crippen LogP contribution is 2.20. The van der Waals surface area contributed by atoms with Crippen LogP contribution in [0.4, 0.5) is 0 Å². The van der Waals surface area contributed by atoms with E-state index < -0.39 is 5.97 Å². The Kier molecular flexibility index (Phi) is 2.52. The first-order valence-electron chi connectivity index (χ1n) is 4.99. The summed E-state index contributed by atoms with van der Waals surface area (Å²) in [6.07, 6.45) is 0. The van der Waals surface area contributed by atoms with Crippen molar-refractivity contribution < 1.29 is 14.6 Å². The molecule has 0 unspecified atom stereocenters. The van der Waals surface area contributed by atoms with Gasteiger partial charge in [-0.25, -0.2) is 9.78 Å². The predicted molar refractivity (Wildman–Crippen MR) is 58.1 cm³/mol. The number of aromatic nitrogens is 2. The second-order valence-electron chi connectivity index (χ2n) is 3.34. The van der Waals surface area contributed by atoms with Crippen LogP contribution in [0.2, 0.25) is 0 Å². The van der Waals surface area contributed by atoms with Gasteiger partial charge in [-0.05, 0) is 26.0 Å². The summed E-state index contributed by atoms with van der Waals surface area (Å²) in [4.78, 5) is 15.3. The van der Waals surface area contributed by atoms with Gasteiger partial charge in [-0.2, -0.15) is 0 Å². The Bertz CT molecular complexity index is 545. The summed E-state index contributed by atoms with van der Waals surface area (Å²) in [5, 5.41) is 9.13. The molecule has 0 spiro atoms. The fourth-order valence-corrected chi connectivity index (χ4v) is 1.69. The average Bonchev–Trinajstić information content (AvgIpc) is 2.55. The van der Waals surface area contributed by atoms with Crippen molar-refractivity contribution in [2.45, 2.75) is 13.8 Å². The van der Waals surface area contributed by atoms with Crippen LogP contribution in [0.15, 0.2) is 18.2 Å². The normalized spacial score (nSPS) is 10.6. The summed E-state index contributed by atoms with van der Waals surface area (Å²) in [5.74, 6) is -0.504. The smallest absolute Gasteiger partial charge is 0.354 e. The quantitative estimate of drug-likeness (QED) is 0.855. The predicted octanol–water partition coefficient (Wildman–Crippen LogP) is 1.74. The van der Waals surface area contributed by atoms with E-state index >= 15 is 0 Å². The molecule has 0 saturated heterocycles. The number of imidazole rings is 1. The zero-order valence-corrected chi connectivity index (χ0v) is 9.10. The summed E-state index contributed by atoms with van der Waals surface area (Å²) in [6.45, 7) is 4.00. The number of carbonyl (C=O) groups is 1. The third kappa shape index (κ3) is 1.50. The molecule has 0 aliphatic heterocycles. The summed E-state index contributed by atoms with van der Waals surface area (Å²) in [7, 11) is 0. The van der Waals surface area contributed by atoms with E-state index in [1.165, 1.54) is 4.40 Å². The molecule has 2 aromatic heterocycles. The Morgan fingerprint density at radius 2 is 2.31 bits per heavy atom. The van der Waals surface area contributed by atoms with Crippen LogP contribution in [0.5, 0.6) is 5.88 Å². The van der Waals surface area contributed by atoms with E-state index in [4.69, 9.17) is 9.84 Å². The molecule has 0 fully saturated rings. The Balaban J connectivity index is 2.77. The summed E-state index contributed by atoms with van der Waals surface area (Å²) in [6, 6.07) is 5.27. The van der Waals surface area contributed by atoms with Crippen molar-refractivity contribution in [1.82, 2.24) is 9.38 Å². The van der Waals surface area contributed by atoms with Gasteiger partial charge in [-0.15, -0.1) is 0 Å². The molecule has 2 aromatic rings. The zero-order chi connectivity index (χ0) is 11.7. The number of rotatable bonds is 3. The molecule has 2 heterocycles. The van der Waals surface area contributed by atoms with E-state index in [-0.39, 0.29) is 5.69 Å². The van der Waals surface area contributed by atoms with Crippen LogP contribution < -0.4 is 4.74 Å². The number of hydrogen-bond acceptors (Lipinski definition) is 3. The third-order valence-electron chi connectivity index (χ3n) is 2.28. The second kappa shape index (κ2) is 3.84. The SMILES string of the molecule is CCOc1cccc2nc(C)c(C(=O)O)n12. The first kappa shape index (κ1) is 10.5. The largest absolute Gasteiger partial charge is 0.479 e. The number of carboxylic acid groups (broad SMARTS) is 1. The van der Waals surface area contributed by atoms with Gasteiger partial charge in [0.2, 0.25) is 0 Å². The first-order chi connectivity index (χ1) is 7.65. The van der Waals surface area contributed by atoms with Gasteiger partial charge < -0.3 is 9.84 Å². The number of pyridine rings is 1. The van der Waals surface area contributed by atoms with Crippen molar-refractivity contribution in [2.75, 3.05) is 6.61 Å². The van der Waals surface area contributed by atoms with Crippen molar-refractivity contribution in [3.05, 3.63) is 29.6 Å². The Morgan fingerprint density at radius 3 is 2.94 bits per heavy atom. The van der Waals surface area contributed by atoms with Crippen LogP contribution in [0.3, 0.4) is 0 Å². The van der Waals surface area contributed by atoms with E-state index in [0.29, 0.717) is 23.8 Å². The van der Waals surface area contributed by atoms with Gasteiger partial charge in [0.25, 0.3) is 0 Å². The maximum absolute atomic E-state index is 11.1. The highest BCUT2D eigenvalue weighted by atomic mass is 16.5. The molecule has 0 aromatic carbocycles. The lowest BCUT2D eigenvalue weighted by Crippen LogP contribution is -2.07. The Morgan fingerprint density at radius 1 is 1.56 bits per heavy atom. The van der Waals surface area contributed by atoms with E-state index in [2.05, 4.69) is 4.98 Å². The van der Waals surface area contributed by atoms with Crippen LogP contribution in [-0.4, -0.2) is 27.1 Å². The summed E-state index contributed by atoms with van der Waals surface area (Å²) >= 11 is 0. The Hall–Kier alpha value is -2.04. The van der Waals surface area contributed by atoms with Crippen molar-refractivity contribution in [3.63, 3.8) is 0 Å². The van der Waals surface area contributed by atoms with Crippen molar-refractivity contribution in [3.8, 4) is 5.88 Å². The highest BCUT2D eigenvalue weighted by Gasteiger charge is 2.17. The summed E-state index contributed by atoms with van der Waals surface area (Å²) in [5.41, 5.74) is 1.22. The zero-order valence-electron chi connectivity index (χ0n) is 9.10. The van der Waals surface area contributed by atoms with Gasteiger partial charge in [0, 0.05) is 0 Å². The molecule has 0 saturated carbocycles. The number of nitrogens with zero attached hydrogens (tertiary/aromatic N) is 2. The highest BCUT2D eigenvalue weighted by molar-refractivity contribution is 5.88. The van der Waals surface area contributed by atoms with Crippen LogP contribution in [0, 0.1) is 6.92 Å². The van der Waals surface area contributed by atoms with Gasteiger partial charge >= 0.3 is 5.97 Å². The third-order valence-corrected chi connectivity index (χ3v) is 2.28. The van der Waals surface area contributed by atoms with Gasteiger partial charge in [-0.1, -0.05) is 6.07 Å². The molecule has 0 bridgehead atoms.